The molecule has 0 unspecified atom stereocenters. The molecule has 0 bridgehead atoms. The zero-order valence-corrected chi connectivity index (χ0v) is 11.9. The first-order valence-electron chi connectivity index (χ1n) is 7.08. The van der Waals surface area contributed by atoms with Gasteiger partial charge in [-0.05, 0) is 37.5 Å². The normalized spacial score (nSPS) is 11.1. The van der Waals surface area contributed by atoms with Crippen LogP contribution in [0.25, 0.3) is 22.4 Å². The van der Waals surface area contributed by atoms with E-state index in [1.54, 1.807) is 0 Å². The number of fused-ring (bicyclic) bond motifs is 1. The van der Waals surface area contributed by atoms with Gasteiger partial charge in [0.15, 0.2) is 0 Å². The molecule has 1 aromatic carbocycles. The molecule has 0 radical (unpaired) electrons. The van der Waals surface area contributed by atoms with Crippen LogP contribution in [0.3, 0.4) is 0 Å². The Labute approximate surface area is 122 Å². The number of unbranched alkanes of at least 4 members (excludes halogenated alkanes) is 1. The van der Waals surface area contributed by atoms with Crippen LogP contribution in [0, 0.1) is 6.92 Å². The summed E-state index contributed by atoms with van der Waals surface area (Å²) in [6, 6.07) is 9.98. The Hall–Kier alpha value is -2.27. The number of aromatic nitrogens is 3. The van der Waals surface area contributed by atoms with E-state index in [1.807, 2.05) is 24.3 Å². The van der Waals surface area contributed by atoms with E-state index >= 15 is 0 Å². The Balaban J connectivity index is 1.90. The third kappa shape index (κ3) is 2.92. The highest BCUT2D eigenvalue weighted by molar-refractivity contribution is 5.84. The van der Waals surface area contributed by atoms with Crippen LogP contribution in [0.2, 0.25) is 0 Å². The highest BCUT2D eigenvalue weighted by atomic mass is 16.5. The van der Waals surface area contributed by atoms with Gasteiger partial charge in [0.1, 0.15) is 5.69 Å². The maximum atomic E-state index is 8.78. The quantitative estimate of drug-likeness (QED) is 0.729. The maximum absolute atomic E-state index is 8.78. The maximum Gasteiger partial charge on any atom is 0.227 e. The van der Waals surface area contributed by atoms with Crippen molar-refractivity contribution in [1.82, 2.24) is 15.1 Å². The number of benzene rings is 1. The minimum atomic E-state index is 0.187. The van der Waals surface area contributed by atoms with Gasteiger partial charge in [-0.15, -0.1) is 0 Å². The second-order valence-corrected chi connectivity index (χ2v) is 5.03. The van der Waals surface area contributed by atoms with Crippen LogP contribution < -0.4 is 0 Å². The lowest BCUT2D eigenvalue weighted by Gasteiger charge is -2.03. The summed E-state index contributed by atoms with van der Waals surface area (Å²) in [4.78, 5) is 8.97. The van der Waals surface area contributed by atoms with E-state index in [1.165, 1.54) is 0 Å². The molecule has 0 amide bonds. The molecule has 2 aromatic heterocycles. The molecule has 5 heteroatoms. The molecular weight excluding hydrogens is 266 g/mol. The zero-order chi connectivity index (χ0) is 14.7. The predicted molar refractivity (Wildman–Crippen MR) is 79.8 cm³/mol. The van der Waals surface area contributed by atoms with Crippen LogP contribution >= 0.6 is 0 Å². The average molecular weight is 283 g/mol. The molecule has 108 valence electrons. The summed E-state index contributed by atoms with van der Waals surface area (Å²) in [6.45, 7) is 2.24. The van der Waals surface area contributed by atoms with Crippen molar-refractivity contribution in [3.05, 3.63) is 41.8 Å². The van der Waals surface area contributed by atoms with Crippen molar-refractivity contribution in [1.29, 1.82) is 0 Å². The Bertz CT molecular complexity index is 752. The summed E-state index contributed by atoms with van der Waals surface area (Å²) in [7, 11) is 0. The van der Waals surface area contributed by atoms with E-state index in [9.17, 15) is 0 Å². The van der Waals surface area contributed by atoms with Gasteiger partial charge < -0.3 is 9.63 Å². The van der Waals surface area contributed by atoms with Crippen molar-refractivity contribution in [3.8, 4) is 11.5 Å². The van der Waals surface area contributed by atoms with Gasteiger partial charge in [-0.25, -0.2) is 4.98 Å². The molecule has 0 aliphatic carbocycles. The summed E-state index contributed by atoms with van der Waals surface area (Å²) < 4.78 is 5.23. The van der Waals surface area contributed by atoms with Crippen LogP contribution in [0.1, 0.15) is 24.3 Å². The van der Waals surface area contributed by atoms with Crippen molar-refractivity contribution >= 4 is 10.9 Å². The molecule has 0 fully saturated rings. The first-order valence-corrected chi connectivity index (χ1v) is 7.08. The number of hydrogen-bond donors (Lipinski definition) is 1. The molecule has 0 saturated carbocycles. The van der Waals surface area contributed by atoms with Gasteiger partial charge in [-0.3, -0.25) is 0 Å². The van der Waals surface area contributed by atoms with E-state index < -0.39 is 0 Å². The summed E-state index contributed by atoms with van der Waals surface area (Å²) >= 11 is 0. The van der Waals surface area contributed by atoms with Gasteiger partial charge >= 0.3 is 0 Å². The Morgan fingerprint density at radius 2 is 2.00 bits per heavy atom. The van der Waals surface area contributed by atoms with Gasteiger partial charge in [0.05, 0.1) is 5.52 Å². The number of rotatable bonds is 5. The monoisotopic (exact) mass is 283 g/mol. The molecule has 3 aromatic rings. The van der Waals surface area contributed by atoms with Crippen LogP contribution in [-0.4, -0.2) is 26.8 Å². The second kappa shape index (κ2) is 6.01. The lowest BCUT2D eigenvalue weighted by Crippen LogP contribution is -1.91. The minimum absolute atomic E-state index is 0.187. The van der Waals surface area contributed by atoms with E-state index in [0.717, 1.165) is 35.0 Å². The Morgan fingerprint density at radius 1 is 1.14 bits per heavy atom. The molecule has 3 rings (SSSR count). The number of aliphatic hydroxyl groups is 1. The molecule has 21 heavy (non-hydrogen) atoms. The molecule has 0 aliphatic heterocycles. The summed E-state index contributed by atoms with van der Waals surface area (Å²) in [5.74, 6) is 1.11. The SMILES string of the molecule is Cc1cc(-c2noc(CCCCO)n2)nc2ccccc12. The van der Waals surface area contributed by atoms with Crippen LogP contribution in [0.15, 0.2) is 34.9 Å². The molecule has 1 N–H and O–H groups in total. The summed E-state index contributed by atoms with van der Waals surface area (Å²) in [5, 5.41) is 13.9. The van der Waals surface area contributed by atoms with Gasteiger partial charge in [-0.2, -0.15) is 4.98 Å². The summed E-state index contributed by atoms with van der Waals surface area (Å²) in [6.07, 6.45) is 2.26. The van der Waals surface area contributed by atoms with Gasteiger partial charge in [0.25, 0.3) is 0 Å². The molecule has 0 aliphatic rings. The van der Waals surface area contributed by atoms with Crippen molar-refractivity contribution in [2.45, 2.75) is 26.2 Å². The smallest absolute Gasteiger partial charge is 0.227 e. The number of nitrogens with zero attached hydrogens (tertiary/aromatic N) is 3. The van der Waals surface area contributed by atoms with Crippen LogP contribution in [0.5, 0.6) is 0 Å². The number of aryl methyl sites for hydroxylation is 2. The molecule has 5 nitrogen and oxygen atoms in total. The topological polar surface area (TPSA) is 72.0 Å². The first kappa shape index (κ1) is 13.7. The number of aliphatic hydroxyl groups excluding tert-OH is 1. The van der Waals surface area contributed by atoms with Gasteiger partial charge in [-0.1, -0.05) is 23.4 Å². The van der Waals surface area contributed by atoms with Gasteiger partial charge in [0.2, 0.25) is 11.7 Å². The second-order valence-electron chi connectivity index (χ2n) is 5.03. The molecule has 2 heterocycles. The number of pyridine rings is 1. The lowest BCUT2D eigenvalue weighted by molar-refractivity contribution is 0.281. The van der Waals surface area contributed by atoms with Crippen molar-refractivity contribution in [3.63, 3.8) is 0 Å². The number of hydrogen-bond acceptors (Lipinski definition) is 5. The molecular formula is C16H17N3O2. The minimum Gasteiger partial charge on any atom is -0.396 e. The molecule has 0 spiro atoms. The number of para-hydroxylation sites is 1. The summed E-state index contributed by atoms with van der Waals surface area (Å²) in [5.41, 5.74) is 2.80. The lowest BCUT2D eigenvalue weighted by atomic mass is 10.1. The highest BCUT2D eigenvalue weighted by Gasteiger charge is 2.11. The van der Waals surface area contributed by atoms with Crippen molar-refractivity contribution < 1.29 is 9.63 Å². The third-order valence-electron chi connectivity index (χ3n) is 3.42. The van der Waals surface area contributed by atoms with Crippen molar-refractivity contribution in [2.75, 3.05) is 6.61 Å². The average Bonchev–Trinajstić information content (AvgIpc) is 2.96. The third-order valence-corrected chi connectivity index (χ3v) is 3.42. The van der Waals surface area contributed by atoms with Crippen LogP contribution in [0.4, 0.5) is 0 Å². The van der Waals surface area contributed by atoms with E-state index in [-0.39, 0.29) is 6.61 Å². The van der Waals surface area contributed by atoms with E-state index in [4.69, 9.17) is 9.63 Å². The fourth-order valence-corrected chi connectivity index (χ4v) is 2.31. The largest absolute Gasteiger partial charge is 0.396 e. The molecule has 0 saturated heterocycles. The predicted octanol–water partition coefficient (Wildman–Crippen LogP) is 2.91. The fraction of sp³-hybridized carbons (Fsp3) is 0.312. The van der Waals surface area contributed by atoms with Crippen LogP contribution in [-0.2, 0) is 6.42 Å². The van der Waals surface area contributed by atoms with E-state index in [2.05, 4.69) is 28.1 Å². The Morgan fingerprint density at radius 3 is 2.86 bits per heavy atom. The zero-order valence-electron chi connectivity index (χ0n) is 11.9. The standard InChI is InChI=1S/C16H17N3O2/c1-11-10-14(17-13-7-3-2-6-12(11)13)16-18-15(21-19-16)8-4-5-9-20/h2-3,6-7,10,20H,4-5,8-9H2,1H3. The highest BCUT2D eigenvalue weighted by Crippen LogP contribution is 2.22. The van der Waals surface area contributed by atoms with Crippen molar-refractivity contribution in [2.24, 2.45) is 0 Å². The first-order chi connectivity index (χ1) is 10.3. The Kier molecular flexibility index (Phi) is 3.92. The molecule has 0 atom stereocenters. The fourth-order valence-electron chi connectivity index (χ4n) is 2.31. The van der Waals surface area contributed by atoms with E-state index in [0.29, 0.717) is 18.1 Å². The van der Waals surface area contributed by atoms with Gasteiger partial charge in [0, 0.05) is 18.4 Å².